The summed E-state index contributed by atoms with van der Waals surface area (Å²) < 4.78 is 0.876. The highest BCUT2D eigenvalue weighted by Crippen LogP contribution is 2.36. The molecular formula is C15H18BrN3O2. The lowest BCUT2D eigenvalue weighted by molar-refractivity contribution is -0.133. The van der Waals surface area contributed by atoms with Gasteiger partial charge in [-0.25, -0.2) is 4.79 Å². The van der Waals surface area contributed by atoms with Crippen molar-refractivity contribution in [3.05, 3.63) is 28.5 Å². The van der Waals surface area contributed by atoms with E-state index >= 15 is 0 Å². The van der Waals surface area contributed by atoms with Gasteiger partial charge >= 0.3 is 6.03 Å². The van der Waals surface area contributed by atoms with Gasteiger partial charge in [-0.2, -0.15) is 0 Å². The third kappa shape index (κ3) is 2.69. The molecule has 2 heterocycles. The van der Waals surface area contributed by atoms with E-state index in [0.29, 0.717) is 11.6 Å². The van der Waals surface area contributed by atoms with Gasteiger partial charge in [0.15, 0.2) is 0 Å². The topological polar surface area (TPSA) is 62.3 Å². The van der Waals surface area contributed by atoms with Crippen molar-refractivity contribution in [3.63, 3.8) is 0 Å². The van der Waals surface area contributed by atoms with Crippen LogP contribution in [0, 0.1) is 5.92 Å². The van der Waals surface area contributed by atoms with Crippen molar-refractivity contribution < 1.29 is 9.59 Å². The quantitative estimate of drug-likeness (QED) is 0.833. The molecule has 0 atom stereocenters. The molecule has 1 N–H and O–H groups in total. The van der Waals surface area contributed by atoms with Crippen LogP contribution in [0.25, 0.3) is 0 Å². The van der Waals surface area contributed by atoms with E-state index in [9.17, 15) is 9.59 Å². The van der Waals surface area contributed by atoms with Crippen molar-refractivity contribution in [2.24, 2.45) is 5.92 Å². The van der Waals surface area contributed by atoms with E-state index in [4.69, 9.17) is 0 Å². The number of imide groups is 1. The van der Waals surface area contributed by atoms with Crippen LogP contribution in [0.5, 0.6) is 0 Å². The van der Waals surface area contributed by atoms with Crippen molar-refractivity contribution >= 4 is 27.9 Å². The third-order valence-electron chi connectivity index (χ3n) is 4.48. The average Bonchev–Trinajstić information content (AvgIpc) is 2.69. The van der Waals surface area contributed by atoms with Crippen molar-refractivity contribution in [3.8, 4) is 0 Å². The maximum atomic E-state index is 12.7. The van der Waals surface area contributed by atoms with Gasteiger partial charge in [0.05, 0.1) is 12.2 Å². The molecule has 3 rings (SSSR count). The van der Waals surface area contributed by atoms with Crippen LogP contribution in [0.2, 0.25) is 0 Å². The van der Waals surface area contributed by atoms with E-state index < -0.39 is 5.54 Å². The fourth-order valence-electron chi connectivity index (χ4n) is 3.08. The largest absolute Gasteiger partial charge is 0.325 e. The second-order valence-electron chi connectivity index (χ2n) is 6.05. The molecule has 1 saturated carbocycles. The Morgan fingerprint density at radius 2 is 2.10 bits per heavy atom. The number of pyridine rings is 1. The predicted octanol–water partition coefficient (Wildman–Crippen LogP) is 2.84. The molecule has 1 aliphatic heterocycles. The maximum Gasteiger partial charge on any atom is 0.325 e. The molecular weight excluding hydrogens is 334 g/mol. The first-order valence-corrected chi connectivity index (χ1v) is 8.04. The average molecular weight is 352 g/mol. The molecule has 21 heavy (non-hydrogen) atoms. The monoisotopic (exact) mass is 351 g/mol. The van der Waals surface area contributed by atoms with Gasteiger partial charge in [0, 0.05) is 10.7 Å². The molecule has 5 nitrogen and oxygen atoms in total. The number of hydrogen-bond donors (Lipinski definition) is 1. The summed E-state index contributed by atoms with van der Waals surface area (Å²) in [5.41, 5.74) is 0.0433. The predicted molar refractivity (Wildman–Crippen MR) is 81.4 cm³/mol. The molecule has 112 valence electrons. The Labute approximate surface area is 132 Å². The summed E-state index contributed by atoms with van der Waals surface area (Å²) >= 11 is 3.32. The van der Waals surface area contributed by atoms with Gasteiger partial charge in [0.25, 0.3) is 5.91 Å². The molecule has 1 aliphatic carbocycles. The SMILES string of the molecule is CC1CCC2(CC1)NC(=O)N(Cc1ccc(Br)cn1)C2=O. The zero-order valence-corrected chi connectivity index (χ0v) is 13.5. The minimum atomic E-state index is -0.668. The zero-order chi connectivity index (χ0) is 15.0. The summed E-state index contributed by atoms with van der Waals surface area (Å²) in [6.07, 6.45) is 5.12. The summed E-state index contributed by atoms with van der Waals surface area (Å²) in [6, 6.07) is 3.39. The van der Waals surface area contributed by atoms with Gasteiger partial charge < -0.3 is 5.32 Å². The summed E-state index contributed by atoms with van der Waals surface area (Å²) in [7, 11) is 0. The van der Waals surface area contributed by atoms with E-state index in [1.54, 1.807) is 6.20 Å². The Morgan fingerprint density at radius 1 is 1.38 bits per heavy atom. The van der Waals surface area contributed by atoms with Crippen molar-refractivity contribution in [1.82, 2.24) is 15.2 Å². The second-order valence-corrected chi connectivity index (χ2v) is 6.97. The molecule has 0 aromatic carbocycles. The third-order valence-corrected chi connectivity index (χ3v) is 4.95. The Bertz CT molecular complexity index is 565. The molecule has 2 aliphatic rings. The van der Waals surface area contributed by atoms with E-state index in [1.165, 1.54) is 4.90 Å². The smallest absolute Gasteiger partial charge is 0.323 e. The van der Waals surface area contributed by atoms with Crippen LogP contribution in [-0.4, -0.2) is 27.4 Å². The Hall–Kier alpha value is -1.43. The number of nitrogens with zero attached hydrogens (tertiary/aromatic N) is 2. The highest BCUT2D eigenvalue weighted by molar-refractivity contribution is 9.10. The van der Waals surface area contributed by atoms with Crippen molar-refractivity contribution in [2.75, 3.05) is 0 Å². The number of aromatic nitrogens is 1. The van der Waals surface area contributed by atoms with E-state index in [0.717, 1.165) is 30.2 Å². The number of carbonyl (C=O) groups excluding carboxylic acids is 2. The Kier molecular flexibility index (Phi) is 3.73. The fourth-order valence-corrected chi connectivity index (χ4v) is 3.31. The van der Waals surface area contributed by atoms with Gasteiger partial charge in [-0.1, -0.05) is 6.92 Å². The molecule has 1 saturated heterocycles. The normalized spacial score (nSPS) is 29.0. The number of halogens is 1. The van der Waals surface area contributed by atoms with Gasteiger partial charge in [-0.15, -0.1) is 0 Å². The lowest BCUT2D eigenvalue weighted by Crippen LogP contribution is -2.49. The second kappa shape index (κ2) is 5.40. The molecule has 0 radical (unpaired) electrons. The summed E-state index contributed by atoms with van der Waals surface area (Å²) in [6.45, 7) is 2.42. The minimum Gasteiger partial charge on any atom is -0.323 e. The van der Waals surface area contributed by atoms with Gasteiger partial charge in [0.1, 0.15) is 5.54 Å². The van der Waals surface area contributed by atoms with Crippen LogP contribution in [0.4, 0.5) is 4.79 Å². The van der Waals surface area contributed by atoms with Crippen LogP contribution in [0.1, 0.15) is 38.3 Å². The molecule has 0 bridgehead atoms. The summed E-state index contributed by atoms with van der Waals surface area (Å²) in [4.78, 5) is 30.4. The summed E-state index contributed by atoms with van der Waals surface area (Å²) in [5, 5.41) is 2.92. The molecule has 0 unspecified atom stereocenters. The van der Waals surface area contributed by atoms with Crippen LogP contribution >= 0.6 is 15.9 Å². The lowest BCUT2D eigenvalue weighted by Gasteiger charge is -2.33. The number of carbonyl (C=O) groups is 2. The van der Waals surface area contributed by atoms with Crippen LogP contribution in [0.3, 0.4) is 0 Å². The van der Waals surface area contributed by atoms with Gasteiger partial charge in [-0.05, 0) is 59.7 Å². The number of amides is 3. The molecule has 3 amide bonds. The lowest BCUT2D eigenvalue weighted by atomic mass is 9.77. The van der Waals surface area contributed by atoms with Crippen molar-refractivity contribution in [1.29, 1.82) is 0 Å². The number of hydrogen-bond acceptors (Lipinski definition) is 3. The van der Waals surface area contributed by atoms with E-state index in [-0.39, 0.29) is 18.5 Å². The maximum absolute atomic E-state index is 12.7. The van der Waals surface area contributed by atoms with Crippen LogP contribution in [0.15, 0.2) is 22.8 Å². The number of rotatable bonds is 2. The van der Waals surface area contributed by atoms with Crippen LogP contribution < -0.4 is 5.32 Å². The van der Waals surface area contributed by atoms with E-state index in [2.05, 4.69) is 33.2 Å². The highest BCUT2D eigenvalue weighted by Gasteiger charge is 2.51. The minimum absolute atomic E-state index is 0.0934. The highest BCUT2D eigenvalue weighted by atomic mass is 79.9. The number of urea groups is 1. The first-order chi connectivity index (χ1) is 10.00. The molecule has 1 aromatic heterocycles. The van der Waals surface area contributed by atoms with Crippen molar-refractivity contribution in [2.45, 2.75) is 44.7 Å². The molecule has 6 heteroatoms. The van der Waals surface area contributed by atoms with Gasteiger partial charge in [0.2, 0.25) is 0 Å². The molecule has 2 fully saturated rings. The van der Waals surface area contributed by atoms with Gasteiger partial charge in [-0.3, -0.25) is 14.7 Å². The number of nitrogens with one attached hydrogen (secondary N) is 1. The van der Waals surface area contributed by atoms with Crippen LogP contribution in [-0.2, 0) is 11.3 Å². The molecule has 1 aromatic rings. The van der Waals surface area contributed by atoms with E-state index in [1.807, 2.05) is 12.1 Å². The molecule has 1 spiro atoms. The first-order valence-electron chi connectivity index (χ1n) is 7.25. The first kappa shape index (κ1) is 14.5. The Morgan fingerprint density at radius 3 is 2.71 bits per heavy atom. The fraction of sp³-hybridized carbons (Fsp3) is 0.533. The standard InChI is InChI=1S/C15H18BrN3O2/c1-10-4-6-15(7-5-10)13(20)19(14(21)18-15)9-12-3-2-11(16)8-17-12/h2-3,8,10H,4-7,9H2,1H3,(H,18,21). The zero-order valence-electron chi connectivity index (χ0n) is 11.9. The Balaban J connectivity index is 1.76. The summed E-state index contributed by atoms with van der Waals surface area (Å²) in [5.74, 6) is 0.534.